The molecule has 0 bridgehead atoms. The van der Waals surface area contributed by atoms with Crippen molar-refractivity contribution in [3.05, 3.63) is 72.1 Å². The van der Waals surface area contributed by atoms with E-state index in [1.165, 1.54) is 0 Å². The number of fused-ring (bicyclic) bond motifs is 1. The molecule has 2 heterocycles. The number of imidazole rings is 1. The molecule has 3 aromatic rings. The third-order valence-electron chi connectivity index (χ3n) is 6.28. The first-order valence-corrected chi connectivity index (χ1v) is 13.2. The van der Waals surface area contributed by atoms with Crippen molar-refractivity contribution in [1.29, 1.82) is 5.26 Å². The first kappa shape index (κ1) is 24.1. The monoisotopic (exact) mass is 477 g/mol. The van der Waals surface area contributed by atoms with Crippen molar-refractivity contribution in [3.8, 4) is 6.07 Å². The van der Waals surface area contributed by atoms with Gasteiger partial charge in [0.25, 0.3) is 0 Å². The van der Waals surface area contributed by atoms with E-state index < -0.39 is 10.0 Å². The van der Waals surface area contributed by atoms with E-state index in [1.54, 1.807) is 22.5 Å². The van der Waals surface area contributed by atoms with E-state index in [2.05, 4.69) is 29.0 Å². The third kappa shape index (κ3) is 5.07. The molecule has 0 atom stereocenters. The topological polar surface area (TPSA) is 82.2 Å². The highest BCUT2D eigenvalue weighted by molar-refractivity contribution is 7.89. The van der Waals surface area contributed by atoms with Crippen molar-refractivity contribution in [2.75, 3.05) is 19.6 Å². The molecule has 0 aliphatic carbocycles. The van der Waals surface area contributed by atoms with E-state index in [-0.39, 0.29) is 0 Å². The van der Waals surface area contributed by atoms with Crippen LogP contribution in [0.15, 0.2) is 60.0 Å². The summed E-state index contributed by atoms with van der Waals surface area (Å²) in [6.07, 6.45) is 4.76. The number of hydrogen-bond acceptors (Lipinski definition) is 5. The molecule has 8 heteroatoms. The molecule has 0 amide bonds. The zero-order chi connectivity index (χ0) is 24.1. The van der Waals surface area contributed by atoms with Crippen molar-refractivity contribution in [3.63, 3.8) is 0 Å². The molecule has 0 N–H and O–H groups in total. The maximum absolute atomic E-state index is 13.2. The number of rotatable bonds is 9. The minimum atomic E-state index is -3.51. The summed E-state index contributed by atoms with van der Waals surface area (Å²) in [6.45, 7) is 9.76. The average molecular weight is 478 g/mol. The Kier molecular flexibility index (Phi) is 7.47. The highest BCUT2D eigenvalue weighted by Gasteiger charge is 2.26. The smallest absolute Gasteiger partial charge is 0.243 e. The van der Waals surface area contributed by atoms with Gasteiger partial charge in [-0.15, -0.1) is 6.58 Å². The van der Waals surface area contributed by atoms with Crippen LogP contribution in [-0.4, -0.2) is 46.8 Å². The first-order chi connectivity index (χ1) is 16.5. The summed E-state index contributed by atoms with van der Waals surface area (Å²) >= 11 is 0. The number of piperidine rings is 1. The predicted molar refractivity (Wildman–Crippen MR) is 133 cm³/mol. The molecule has 4 rings (SSSR count). The van der Waals surface area contributed by atoms with Gasteiger partial charge in [-0.05, 0) is 55.7 Å². The second-order valence-electron chi connectivity index (χ2n) is 8.66. The molecule has 1 saturated heterocycles. The zero-order valence-corrected chi connectivity index (χ0v) is 20.5. The molecule has 2 aromatic carbocycles. The lowest BCUT2D eigenvalue weighted by atomic mass is 10.1. The van der Waals surface area contributed by atoms with Crippen LogP contribution in [0.2, 0.25) is 0 Å². The van der Waals surface area contributed by atoms with E-state index in [0.717, 1.165) is 42.7 Å². The number of hydrogen-bond donors (Lipinski definition) is 0. The molecule has 0 spiro atoms. The minimum Gasteiger partial charge on any atom is -0.327 e. The molecular weight excluding hydrogens is 446 g/mol. The van der Waals surface area contributed by atoms with Gasteiger partial charge in [-0.25, -0.2) is 13.4 Å². The van der Waals surface area contributed by atoms with Crippen LogP contribution in [0.5, 0.6) is 0 Å². The largest absolute Gasteiger partial charge is 0.327 e. The Hall–Kier alpha value is -2.99. The maximum atomic E-state index is 13.2. The Morgan fingerprint density at radius 1 is 1.15 bits per heavy atom. The number of aryl methyl sites for hydroxylation is 1. The van der Waals surface area contributed by atoms with Gasteiger partial charge in [0.15, 0.2) is 0 Å². The summed E-state index contributed by atoms with van der Waals surface area (Å²) in [5.41, 5.74) is 3.31. The van der Waals surface area contributed by atoms with Crippen molar-refractivity contribution in [1.82, 2.24) is 18.8 Å². The van der Waals surface area contributed by atoms with Crippen LogP contribution in [0.25, 0.3) is 11.0 Å². The Labute approximate surface area is 202 Å². The van der Waals surface area contributed by atoms with Gasteiger partial charge in [0, 0.05) is 32.7 Å². The van der Waals surface area contributed by atoms with Gasteiger partial charge in [-0.3, -0.25) is 4.90 Å². The Morgan fingerprint density at radius 2 is 1.94 bits per heavy atom. The normalized spacial score (nSPS) is 15.0. The van der Waals surface area contributed by atoms with Gasteiger partial charge in [0.2, 0.25) is 10.0 Å². The number of sulfonamides is 1. The van der Waals surface area contributed by atoms with Gasteiger partial charge in [-0.1, -0.05) is 24.6 Å². The minimum absolute atomic E-state index is 0.311. The first-order valence-electron chi connectivity index (χ1n) is 11.8. The molecule has 0 unspecified atom stereocenters. The third-order valence-corrected chi connectivity index (χ3v) is 8.18. The van der Waals surface area contributed by atoms with Gasteiger partial charge < -0.3 is 4.57 Å². The highest BCUT2D eigenvalue weighted by atomic mass is 32.2. The van der Waals surface area contributed by atoms with Gasteiger partial charge in [0.1, 0.15) is 5.82 Å². The van der Waals surface area contributed by atoms with Crippen LogP contribution in [0.3, 0.4) is 0 Å². The van der Waals surface area contributed by atoms with Crippen LogP contribution in [0.1, 0.15) is 43.1 Å². The van der Waals surface area contributed by atoms with E-state index in [1.807, 2.05) is 30.3 Å². The van der Waals surface area contributed by atoms with Gasteiger partial charge in [0.05, 0.1) is 34.1 Å². The number of benzene rings is 2. The van der Waals surface area contributed by atoms with E-state index in [9.17, 15) is 13.7 Å². The molecule has 7 nitrogen and oxygen atoms in total. The maximum Gasteiger partial charge on any atom is 0.243 e. The number of nitriles is 1. The Morgan fingerprint density at radius 3 is 2.65 bits per heavy atom. The van der Waals surface area contributed by atoms with Crippen LogP contribution in [0.4, 0.5) is 0 Å². The average Bonchev–Trinajstić information content (AvgIpc) is 3.21. The van der Waals surface area contributed by atoms with Crippen molar-refractivity contribution in [2.45, 2.75) is 50.7 Å². The summed E-state index contributed by atoms with van der Waals surface area (Å²) in [7, 11) is -3.51. The molecule has 1 aromatic heterocycles. The highest BCUT2D eigenvalue weighted by Crippen LogP contribution is 2.25. The fourth-order valence-corrected chi connectivity index (χ4v) is 6.15. The van der Waals surface area contributed by atoms with Crippen LogP contribution in [0, 0.1) is 11.3 Å². The van der Waals surface area contributed by atoms with Crippen LogP contribution in [-0.2, 0) is 29.7 Å². The molecule has 1 fully saturated rings. The summed E-state index contributed by atoms with van der Waals surface area (Å²) < 4.78 is 30.0. The lowest BCUT2D eigenvalue weighted by Crippen LogP contribution is -2.35. The summed E-state index contributed by atoms with van der Waals surface area (Å²) in [5.74, 6) is 0.878. The van der Waals surface area contributed by atoms with Crippen molar-refractivity contribution < 1.29 is 8.42 Å². The van der Waals surface area contributed by atoms with E-state index in [4.69, 9.17) is 4.98 Å². The lowest BCUT2D eigenvalue weighted by Gasteiger charge is -2.25. The summed E-state index contributed by atoms with van der Waals surface area (Å²) in [4.78, 5) is 7.37. The predicted octanol–water partition coefficient (Wildman–Crippen LogP) is 4.29. The van der Waals surface area contributed by atoms with Crippen molar-refractivity contribution >= 4 is 21.1 Å². The quantitative estimate of drug-likeness (QED) is 0.430. The molecule has 1 aliphatic rings. The standard InChI is InChI=1S/C26H31N5O2S/c1-3-13-29(19-22-10-8-9-21(16-22)18-27)20-26-28-24-17-23(11-12-25(24)31(26)4-2)34(32,33)30-14-6-5-7-15-30/h3,8-12,16-17H,1,4-7,13-15,19-20H2,2H3. The molecule has 0 radical (unpaired) electrons. The second kappa shape index (κ2) is 10.5. The lowest BCUT2D eigenvalue weighted by molar-refractivity contribution is 0.275. The SMILES string of the molecule is C=CCN(Cc1cccc(C#N)c1)Cc1nc2cc(S(=O)(=O)N3CCCCC3)ccc2n1CC. The van der Waals surface area contributed by atoms with E-state index >= 15 is 0 Å². The summed E-state index contributed by atoms with van der Waals surface area (Å²) in [5, 5.41) is 9.21. The van der Waals surface area contributed by atoms with E-state index in [0.29, 0.717) is 48.7 Å². The molecular formula is C26H31N5O2S. The Bertz CT molecular complexity index is 1320. The fourth-order valence-electron chi connectivity index (χ4n) is 4.61. The van der Waals surface area contributed by atoms with Crippen LogP contribution < -0.4 is 0 Å². The van der Waals surface area contributed by atoms with Crippen molar-refractivity contribution in [2.24, 2.45) is 0 Å². The zero-order valence-electron chi connectivity index (χ0n) is 19.7. The molecule has 178 valence electrons. The van der Waals surface area contributed by atoms with Gasteiger partial charge in [-0.2, -0.15) is 9.57 Å². The second-order valence-corrected chi connectivity index (χ2v) is 10.6. The number of nitrogens with zero attached hydrogens (tertiary/aromatic N) is 5. The fraction of sp³-hybridized carbons (Fsp3) is 0.385. The molecule has 1 aliphatic heterocycles. The number of aromatic nitrogens is 2. The van der Waals surface area contributed by atoms with Crippen LogP contribution >= 0.6 is 0 Å². The molecule has 0 saturated carbocycles. The van der Waals surface area contributed by atoms with Gasteiger partial charge >= 0.3 is 0 Å². The Balaban J connectivity index is 1.63. The molecule has 34 heavy (non-hydrogen) atoms. The summed E-state index contributed by atoms with van der Waals surface area (Å²) in [6, 6.07) is 15.1.